The normalized spacial score (nSPS) is 10.5. The van der Waals surface area contributed by atoms with Crippen molar-refractivity contribution in [3.8, 4) is 5.69 Å². The van der Waals surface area contributed by atoms with Gasteiger partial charge in [-0.25, -0.2) is 4.68 Å². The lowest BCUT2D eigenvalue weighted by Gasteiger charge is -2.07. The molecule has 0 atom stereocenters. The summed E-state index contributed by atoms with van der Waals surface area (Å²) in [4.78, 5) is 11.4. The summed E-state index contributed by atoms with van der Waals surface area (Å²) in [6, 6.07) is 5.42. The molecule has 19 heavy (non-hydrogen) atoms. The van der Waals surface area contributed by atoms with Gasteiger partial charge in [0.25, 0.3) is 0 Å². The van der Waals surface area contributed by atoms with Crippen LogP contribution in [0.25, 0.3) is 5.69 Å². The van der Waals surface area contributed by atoms with Crippen molar-refractivity contribution in [2.45, 2.75) is 13.3 Å². The average Bonchev–Trinajstić information content (AvgIpc) is 2.76. The fraction of sp³-hybridized carbons (Fsp3) is 0.231. The Morgan fingerprint density at radius 2 is 2.32 bits per heavy atom. The Morgan fingerprint density at radius 3 is 2.89 bits per heavy atom. The third-order valence-corrected chi connectivity index (χ3v) is 3.18. The molecule has 100 valence electrons. The number of ether oxygens (including phenoxy) is 1. The van der Waals surface area contributed by atoms with Crippen LogP contribution in [-0.2, 0) is 16.0 Å². The predicted molar refractivity (Wildman–Crippen MR) is 76.6 cm³/mol. The molecule has 2 rings (SSSR count). The van der Waals surface area contributed by atoms with Gasteiger partial charge in [0.1, 0.15) is 0 Å². The minimum Gasteiger partial charge on any atom is -0.466 e. The van der Waals surface area contributed by atoms with E-state index < -0.39 is 0 Å². The Kier molecular flexibility index (Phi) is 4.61. The number of rotatable bonds is 4. The second-order valence-electron chi connectivity index (χ2n) is 3.87. The second-order valence-corrected chi connectivity index (χ2v) is 5.19. The summed E-state index contributed by atoms with van der Waals surface area (Å²) >= 11 is 9.54. The Labute approximate surface area is 124 Å². The lowest BCUT2D eigenvalue weighted by Crippen LogP contribution is -2.07. The highest BCUT2D eigenvalue weighted by Gasteiger charge is 2.09. The van der Waals surface area contributed by atoms with Crippen molar-refractivity contribution in [1.82, 2.24) is 9.78 Å². The van der Waals surface area contributed by atoms with Crippen molar-refractivity contribution >= 4 is 33.5 Å². The highest BCUT2D eigenvalue weighted by molar-refractivity contribution is 9.10. The maximum absolute atomic E-state index is 11.4. The van der Waals surface area contributed by atoms with Gasteiger partial charge in [-0.15, -0.1) is 0 Å². The van der Waals surface area contributed by atoms with Gasteiger partial charge in [0.15, 0.2) is 0 Å². The molecule has 0 amide bonds. The van der Waals surface area contributed by atoms with Crippen LogP contribution in [0.5, 0.6) is 0 Å². The van der Waals surface area contributed by atoms with E-state index in [9.17, 15) is 4.79 Å². The Hall–Kier alpha value is -1.33. The third kappa shape index (κ3) is 3.58. The quantitative estimate of drug-likeness (QED) is 0.799. The number of carbonyl (C=O) groups is 1. The molecule has 4 nitrogen and oxygen atoms in total. The fourth-order valence-electron chi connectivity index (χ4n) is 1.66. The number of carbonyl (C=O) groups excluding carboxylic acids is 1. The molecular formula is C13H12BrClN2O2. The highest BCUT2D eigenvalue weighted by Crippen LogP contribution is 2.23. The molecule has 0 saturated heterocycles. The molecule has 0 saturated carbocycles. The molecule has 0 aliphatic heterocycles. The zero-order valence-electron chi connectivity index (χ0n) is 10.3. The van der Waals surface area contributed by atoms with E-state index in [1.807, 2.05) is 18.3 Å². The molecule has 0 spiro atoms. The molecule has 1 aromatic heterocycles. The molecule has 1 heterocycles. The third-order valence-electron chi connectivity index (χ3n) is 2.46. The van der Waals surface area contributed by atoms with E-state index in [4.69, 9.17) is 16.3 Å². The summed E-state index contributed by atoms with van der Waals surface area (Å²) in [6.07, 6.45) is 3.71. The average molecular weight is 344 g/mol. The minimum atomic E-state index is -0.256. The summed E-state index contributed by atoms with van der Waals surface area (Å²) in [6.45, 7) is 2.16. The molecule has 2 aromatic rings. The van der Waals surface area contributed by atoms with Crippen LogP contribution in [0.4, 0.5) is 0 Å². The van der Waals surface area contributed by atoms with Gasteiger partial charge in [0.2, 0.25) is 0 Å². The number of hydrogen-bond donors (Lipinski definition) is 0. The van der Waals surface area contributed by atoms with Gasteiger partial charge in [-0.3, -0.25) is 4.79 Å². The molecule has 0 aliphatic carbocycles. The van der Waals surface area contributed by atoms with Gasteiger partial charge in [0, 0.05) is 6.20 Å². The summed E-state index contributed by atoms with van der Waals surface area (Å²) in [5.41, 5.74) is 1.58. The maximum atomic E-state index is 11.4. The Balaban J connectivity index is 2.20. The van der Waals surface area contributed by atoms with Crippen LogP contribution < -0.4 is 0 Å². The molecule has 0 fully saturated rings. The van der Waals surface area contributed by atoms with Crippen molar-refractivity contribution in [2.75, 3.05) is 6.61 Å². The van der Waals surface area contributed by atoms with E-state index in [2.05, 4.69) is 21.0 Å². The van der Waals surface area contributed by atoms with Crippen molar-refractivity contribution in [1.29, 1.82) is 0 Å². The van der Waals surface area contributed by atoms with Crippen LogP contribution in [0.1, 0.15) is 12.5 Å². The van der Waals surface area contributed by atoms with Gasteiger partial charge >= 0.3 is 5.97 Å². The molecule has 0 N–H and O–H groups in total. The zero-order chi connectivity index (χ0) is 13.8. The standard InChI is InChI=1S/C13H12BrClN2O2/c1-2-19-13(18)6-9-3-4-12(11(15)5-9)17-8-10(14)7-16-17/h3-5,7-8H,2,6H2,1H3. The highest BCUT2D eigenvalue weighted by atomic mass is 79.9. The summed E-state index contributed by atoms with van der Waals surface area (Å²) < 4.78 is 7.44. The first-order chi connectivity index (χ1) is 9.10. The Morgan fingerprint density at radius 1 is 1.53 bits per heavy atom. The van der Waals surface area contributed by atoms with E-state index in [1.54, 1.807) is 23.9 Å². The molecule has 0 bridgehead atoms. The topological polar surface area (TPSA) is 44.1 Å². The van der Waals surface area contributed by atoms with E-state index >= 15 is 0 Å². The van der Waals surface area contributed by atoms with Crippen LogP contribution in [0.3, 0.4) is 0 Å². The van der Waals surface area contributed by atoms with Gasteiger partial charge in [-0.1, -0.05) is 17.7 Å². The number of aromatic nitrogens is 2. The van der Waals surface area contributed by atoms with E-state index in [0.29, 0.717) is 11.6 Å². The molecule has 6 heteroatoms. The van der Waals surface area contributed by atoms with E-state index in [-0.39, 0.29) is 12.4 Å². The Bertz CT molecular complexity index is 598. The SMILES string of the molecule is CCOC(=O)Cc1ccc(-n2cc(Br)cn2)c(Cl)c1. The summed E-state index contributed by atoms with van der Waals surface area (Å²) in [5.74, 6) is -0.256. The first-order valence-corrected chi connectivity index (χ1v) is 6.92. The van der Waals surface area contributed by atoms with Crippen molar-refractivity contribution in [3.63, 3.8) is 0 Å². The number of esters is 1. The van der Waals surface area contributed by atoms with Crippen LogP contribution in [-0.4, -0.2) is 22.4 Å². The summed E-state index contributed by atoms with van der Waals surface area (Å²) in [7, 11) is 0. The largest absolute Gasteiger partial charge is 0.466 e. The van der Waals surface area contributed by atoms with Crippen molar-refractivity contribution in [2.24, 2.45) is 0 Å². The van der Waals surface area contributed by atoms with Gasteiger partial charge < -0.3 is 4.74 Å². The number of hydrogen-bond acceptors (Lipinski definition) is 3. The van der Waals surface area contributed by atoms with Gasteiger partial charge in [-0.05, 0) is 40.5 Å². The van der Waals surface area contributed by atoms with Crippen LogP contribution in [0, 0.1) is 0 Å². The van der Waals surface area contributed by atoms with Gasteiger partial charge in [-0.2, -0.15) is 5.10 Å². The van der Waals surface area contributed by atoms with Crippen LogP contribution in [0.2, 0.25) is 5.02 Å². The second kappa shape index (κ2) is 6.21. The lowest BCUT2D eigenvalue weighted by atomic mass is 10.1. The van der Waals surface area contributed by atoms with E-state index in [1.165, 1.54) is 0 Å². The number of halogens is 2. The molecule has 0 aliphatic rings. The van der Waals surface area contributed by atoms with E-state index in [0.717, 1.165) is 15.7 Å². The molecule has 1 aromatic carbocycles. The smallest absolute Gasteiger partial charge is 0.310 e. The van der Waals surface area contributed by atoms with Gasteiger partial charge in [0.05, 0.1) is 34.4 Å². The maximum Gasteiger partial charge on any atom is 0.310 e. The minimum absolute atomic E-state index is 0.219. The molecule has 0 radical (unpaired) electrons. The van der Waals surface area contributed by atoms with Crippen LogP contribution >= 0.6 is 27.5 Å². The molecular weight excluding hydrogens is 332 g/mol. The lowest BCUT2D eigenvalue weighted by molar-refractivity contribution is -0.142. The van der Waals surface area contributed by atoms with Crippen molar-refractivity contribution in [3.05, 3.63) is 45.7 Å². The monoisotopic (exact) mass is 342 g/mol. The molecule has 0 unspecified atom stereocenters. The number of benzene rings is 1. The van der Waals surface area contributed by atoms with Crippen LogP contribution in [0.15, 0.2) is 35.1 Å². The fourth-order valence-corrected chi connectivity index (χ4v) is 2.23. The number of nitrogens with zero attached hydrogens (tertiary/aromatic N) is 2. The van der Waals surface area contributed by atoms with Crippen molar-refractivity contribution < 1.29 is 9.53 Å². The zero-order valence-corrected chi connectivity index (χ0v) is 12.6. The first-order valence-electron chi connectivity index (χ1n) is 5.74. The predicted octanol–water partition coefficient (Wildman–Crippen LogP) is 3.39. The first kappa shape index (κ1) is 14.1. The summed E-state index contributed by atoms with van der Waals surface area (Å²) in [5, 5.41) is 4.70.